The van der Waals surface area contributed by atoms with Gasteiger partial charge in [0.05, 0.1) is 22.5 Å². The smallest absolute Gasteiger partial charge is 0.213 e. The minimum absolute atomic E-state index is 1.05. The van der Waals surface area contributed by atoms with Crippen LogP contribution in [0, 0.1) is 0 Å². The van der Waals surface area contributed by atoms with Crippen LogP contribution in [0.15, 0.2) is 83.9 Å². The number of hydrogen-bond donors (Lipinski definition) is 0. The molecule has 0 spiro atoms. The maximum atomic E-state index is 5.01. The third-order valence-electron chi connectivity index (χ3n) is 5.34. The van der Waals surface area contributed by atoms with Crippen molar-refractivity contribution in [3.8, 4) is 0 Å². The highest BCUT2D eigenvalue weighted by Crippen LogP contribution is 2.45. The van der Waals surface area contributed by atoms with Crippen molar-refractivity contribution in [2.75, 3.05) is 7.05 Å². The van der Waals surface area contributed by atoms with Gasteiger partial charge < -0.3 is 0 Å². The summed E-state index contributed by atoms with van der Waals surface area (Å²) in [5.41, 5.74) is 10.8. The molecule has 0 radical (unpaired) electrons. The van der Waals surface area contributed by atoms with E-state index in [9.17, 15) is 0 Å². The van der Waals surface area contributed by atoms with Crippen LogP contribution < -0.4 is 0 Å². The van der Waals surface area contributed by atoms with E-state index in [2.05, 4.69) is 97.4 Å². The lowest BCUT2D eigenvalue weighted by molar-refractivity contribution is -0.401. The van der Waals surface area contributed by atoms with Crippen LogP contribution in [0.3, 0.4) is 0 Å². The third-order valence-corrected chi connectivity index (χ3v) is 5.34. The summed E-state index contributed by atoms with van der Waals surface area (Å²) in [5.74, 6) is 0. The number of para-hydroxylation sites is 2. The molecule has 0 aromatic heterocycles. The van der Waals surface area contributed by atoms with Crippen molar-refractivity contribution in [3.05, 3.63) is 95.6 Å². The minimum Gasteiger partial charge on any atom is -0.247 e. The first kappa shape index (κ1) is 15.0. The lowest BCUT2D eigenvalue weighted by Crippen LogP contribution is -2.08. The zero-order valence-corrected chi connectivity index (χ0v) is 14.9. The number of aliphatic imine (C=N–C) groups is 1. The van der Waals surface area contributed by atoms with E-state index in [0.29, 0.717) is 0 Å². The first-order valence-corrected chi connectivity index (χ1v) is 8.91. The highest BCUT2D eigenvalue weighted by Gasteiger charge is 2.35. The van der Waals surface area contributed by atoms with Crippen molar-refractivity contribution in [2.45, 2.75) is 6.92 Å². The molecule has 0 aliphatic carbocycles. The van der Waals surface area contributed by atoms with Crippen LogP contribution in [0.2, 0.25) is 0 Å². The Morgan fingerprint density at radius 1 is 0.692 bits per heavy atom. The Morgan fingerprint density at radius 2 is 1.35 bits per heavy atom. The first-order valence-electron chi connectivity index (χ1n) is 8.91. The van der Waals surface area contributed by atoms with Crippen LogP contribution in [0.5, 0.6) is 0 Å². The van der Waals surface area contributed by atoms with Gasteiger partial charge in [0.1, 0.15) is 7.05 Å². The van der Waals surface area contributed by atoms with Crippen molar-refractivity contribution in [3.63, 3.8) is 0 Å². The normalized spacial score (nSPS) is 18.0. The molecule has 2 aliphatic heterocycles. The summed E-state index contributed by atoms with van der Waals surface area (Å²) < 4.78 is 2.28. The summed E-state index contributed by atoms with van der Waals surface area (Å²) in [6.07, 6.45) is 0. The Kier molecular flexibility index (Phi) is 3.26. The van der Waals surface area contributed by atoms with Crippen molar-refractivity contribution < 1.29 is 4.58 Å². The summed E-state index contributed by atoms with van der Waals surface area (Å²) >= 11 is 0. The maximum absolute atomic E-state index is 5.01. The second-order valence-electron chi connectivity index (χ2n) is 6.76. The molecule has 2 heteroatoms. The van der Waals surface area contributed by atoms with Crippen LogP contribution in [0.4, 0.5) is 11.4 Å². The molecule has 0 saturated carbocycles. The predicted molar refractivity (Wildman–Crippen MR) is 109 cm³/mol. The summed E-state index contributed by atoms with van der Waals surface area (Å²) in [7, 11) is 2.14. The number of benzene rings is 3. The lowest BCUT2D eigenvalue weighted by atomic mass is 9.88. The van der Waals surface area contributed by atoms with Gasteiger partial charge in [0.25, 0.3) is 0 Å². The van der Waals surface area contributed by atoms with Crippen LogP contribution >= 0.6 is 0 Å². The fraction of sp³-hybridized carbons (Fsp3) is 0.0833. The van der Waals surface area contributed by atoms with Crippen LogP contribution in [-0.2, 0) is 0 Å². The summed E-state index contributed by atoms with van der Waals surface area (Å²) in [4.78, 5) is 5.01. The largest absolute Gasteiger partial charge is 0.247 e. The quantitative estimate of drug-likeness (QED) is 0.523. The molecule has 0 fully saturated rings. The van der Waals surface area contributed by atoms with Gasteiger partial charge in [-0.25, -0.2) is 4.99 Å². The van der Waals surface area contributed by atoms with Crippen LogP contribution in [0.1, 0.15) is 23.6 Å². The van der Waals surface area contributed by atoms with E-state index in [1.807, 2.05) is 0 Å². The van der Waals surface area contributed by atoms with Crippen molar-refractivity contribution in [2.24, 2.45) is 4.99 Å². The first-order chi connectivity index (χ1) is 12.8. The van der Waals surface area contributed by atoms with E-state index in [0.717, 1.165) is 17.0 Å². The number of fused-ring (bicyclic) bond motifs is 2. The molecule has 5 rings (SSSR count). The Morgan fingerprint density at radius 3 is 2.15 bits per heavy atom. The zero-order chi connectivity index (χ0) is 17.7. The van der Waals surface area contributed by atoms with E-state index in [4.69, 9.17) is 4.99 Å². The highest BCUT2D eigenvalue weighted by atomic mass is 15.0. The minimum atomic E-state index is 1.05. The summed E-state index contributed by atoms with van der Waals surface area (Å²) in [6.45, 7) is 2.20. The SMILES string of the molecule is CC1=[N+](C)c2ccccc2/C1=C1/C(c2ccccc2)=Nc2ccccc21. The zero-order valence-electron chi connectivity index (χ0n) is 14.9. The molecule has 2 heterocycles. The number of rotatable bonds is 1. The molecule has 3 aromatic rings. The molecular formula is C24H19N2+. The van der Waals surface area contributed by atoms with Gasteiger partial charge in [-0.1, -0.05) is 60.7 Å². The summed E-state index contributed by atoms with van der Waals surface area (Å²) in [6, 6.07) is 27.6. The Hall–Kier alpha value is -3.26. The maximum Gasteiger partial charge on any atom is 0.213 e. The fourth-order valence-electron chi connectivity index (χ4n) is 3.98. The molecular weight excluding hydrogens is 316 g/mol. The molecule has 2 nitrogen and oxygen atoms in total. The van der Waals surface area contributed by atoms with Crippen LogP contribution in [-0.4, -0.2) is 23.0 Å². The molecule has 0 amide bonds. The van der Waals surface area contributed by atoms with Gasteiger partial charge in [-0.2, -0.15) is 4.58 Å². The van der Waals surface area contributed by atoms with Gasteiger partial charge in [-0.05, 0) is 12.1 Å². The van der Waals surface area contributed by atoms with E-state index in [1.54, 1.807) is 0 Å². The number of nitrogens with zero attached hydrogens (tertiary/aromatic N) is 2. The van der Waals surface area contributed by atoms with E-state index < -0.39 is 0 Å². The molecule has 3 aromatic carbocycles. The molecule has 2 aliphatic rings. The lowest BCUT2D eigenvalue weighted by Gasteiger charge is -2.09. The molecule has 0 unspecified atom stereocenters. The van der Waals surface area contributed by atoms with Gasteiger partial charge in [-0.3, -0.25) is 0 Å². The summed E-state index contributed by atoms with van der Waals surface area (Å²) in [5, 5.41) is 0. The van der Waals surface area contributed by atoms with Gasteiger partial charge in [0.15, 0.2) is 5.71 Å². The monoisotopic (exact) mass is 335 g/mol. The molecule has 0 bridgehead atoms. The fourth-order valence-corrected chi connectivity index (χ4v) is 3.98. The highest BCUT2D eigenvalue weighted by molar-refractivity contribution is 6.48. The molecule has 0 saturated heterocycles. The second kappa shape index (κ2) is 5.63. The standard InChI is InChI=1S/C24H19N2/c1-16-22(19-13-7-9-15-21(19)26(16)2)23-18-12-6-8-14-20(18)25-24(23)17-10-4-3-5-11-17/h3-15H,1-2H3/q+1. The van der Waals surface area contributed by atoms with Gasteiger partial charge in [-0.15, -0.1) is 0 Å². The van der Waals surface area contributed by atoms with E-state index in [-0.39, 0.29) is 0 Å². The molecule has 26 heavy (non-hydrogen) atoms. The molecule has 0 atom stereocenters. The van der Waals surface area contributed by atoms with E-state index in [1.165, 1.54) is 33.7 Å². The Bertz CT molecular complexity index is 1130. The average molecular weight is 335 g/mol. The van der Waals surface area contributed by atoms with Crippen molar-refractivity contribution in [1.29, 1.82) is 0 Å². The number of allylic oxidation sites excluding steroid dienone is 2. The second-order valence-corrected chi connectivity index (χ2v) is 6.76. The van der Waals surface area contributed by atoms with Gasteiger partial charge in [0, 0.05) is 29.7 Å². The Labute approximate surface area is 153 Å². The van der Waals surface area contributed by atoms with Gasteiger partial charge >= 0.3 is 0 Å². The van der Waals surface area contributed by atoms with Crippen LogP contribution in [0.25, 0.3) is 11.1 Å². The molecule has 124 valence electrons. The number of hydrogen-bond acceptors (Lipinski definition) is 1. The predicted octanol–water partition coefficient (Wildman–Crippen LogP) is 5.48. The van der Waals surface area contributed by atoms with E-state index >= 15 is 0 Å². The van der Waals surface area contributed by atoms with Crippen molar-refractivity contribution >= 4 is 33.9 Å². The average Bonchev–Trinajstić information content (AvgIpc) is 3.19. The molecule has 0 N–H and O–H groups in total. The third kappa shape index (κ3) is 2.05. The van der Waals surface area contributed by atoms with Crippen molar-refractivity contribution in [1.82, 2.24) is 0 Å². The van der Waals surface area contributed by atoms with Gasteiger partial charge in [0.2, 0.25) is 5.69 Å². The topological polar surface area (TPSA) is 15.4 Å². The Balaban J connectivity index is 1.87.